The lowest BCUT2D eigenvalue weighted by molar-refractivity contribution is -0.140. The average Bonchev–Trinajstić information content (AvgIpc) is 2.79. The van der Waals surface area contributed by atoms with Gasteiger partial charge in [0.15, 0.2) is 0 Å². The van der Waals surface area contributed by atoms with Gasteiger partial charge < -0.3 is 4.84 Å². The van der Waals surface area contributed by atoms with Crippen LogP contribution in [-0.2, 0) is 11.0 Å². The van der Waals surface area contributed by atoms with Gasteiger partial charge in [0.1, 0.15) is 11.4 Å². The van der Waals surface area contributed by atoms with E-state index in [0.29, 0.717) is 12.1 Å². The number of hydrogen-bond acceptors (Lipinski definition) is 4. The van der Waals surface area contributed by atoms with Gasteiger partial charge in [-0.3, -0.25) is 9.59 Å². The number of nitrogens with zero attached hydrogens (tertiary/aromatic N) is 1. The number of amides is 2. The third-order valence-electron chi connectivity index (χ3n) is 3.45. The van der Waals surface area contributed by atoms with Gasteiger partial charge in [-0.05, 0) is 24.3 Å². The van der Waals surface area contributed by atoms with Crippen LogP contribution in [0.25, 0.3) is 0 Å². The molecular formula is C16H7F4NO4. The number of carbonyl (C=O) groups is 3. The van der Waals surface area contributed by atoms with E-state index in [2.05, 4.69) is 4.84 Å². The van der Waals surface area contributed by atoms with Crippen LogP contribution in [0.5, 0.6) is 0 Å². The van der Waals surface area contributed by atoms with Crippen LogP contribution >= 0.6 is 0 Å². The standard InChI is InChI=1S/C16H7F4NO4/c17-11-7-3-6-10(12(11)16(18,19)20)15(24)25-21-13(22)8-4-1-2-5-9(8)14(21)23/h1-7H. The van der Waals surface area contributed by atoms with Crippen molar-refractivity contribution in [2.24, 2.45) is 0 Å². The maximum atomic E-state index is 13.5. The molecule has 0 aliphatic carbocycles. The summed E-state index contributed by atoms with van der Waals surface area (Å²) in [6.07, 6.45) is -5.16. The molecule has 0 N–H and O–H groups in total. The molecule has 5 nitrogen and oxygen atoms in total. The number of fused-ring (bicyclic) bond motifs is 1. The molecule has 1 aliphatic heterocycles. The molecule has 9 heteroatoms. The second-order valence-corrected chi connectivity index (χ2v) is 4.99. The molecule has 3 rings (SSSR count). The zero-order chi connectivity index (χ0) is 18.4. The molecule has 1 aliphatic rings. The number of hydroxylamine groups is 2. The summed E-state index contributed by atoms with van der Waals surface area (Å²) >= 11 is 0. The van der Waals surface area contributed by atoms with Crippen molar-refractivity contribution in [3.63, 3.8) is 0 Å². The molecule has 1 heterocycles. The van der Waals surface area contributed by atoms with E-state index in [1.165, 1.54) is 24.3 Å². The highest BCUT2D eigenvalue weighted by molar-refractivity contribution is 6.21. The summed E-state index contributed by atoms with van der Waals surface area (Å²) in [5, 5.41) is 0.0536. The Kier molecular flexibility index (Phi) is 3.78. The van der Waals surface area contributed by atoms with E-state index in [1.807, 2.05) is 0 Å². The van der Waals surface area contributed by atoms with Gasteiger partial charge in [0.25, 0.3) is 11.8 Å². The SMILES string of the molecule is O=C(ON1C(=O)c2ccccc2C1=O)c1cccc(F)c1C(F)(F)F. The predicted octanol–water partition coefficient (Wildman–Crippen LogP) is 3.21. The number of alkyl halides is 3. The molecule has 2 amide bonds. The Labute approximate surface area is 137 Å². The minimum Gasteiger partial charge on any atom is -0.324 e. The molecule has 2 aromatic carbocycles. The number of halogens is 4. The first-order valence-corrected chi connectivity index (χ1v) is 6.77. The van der Waals surface area contributed by atoms with Crippen LogP contribution in [0.15, 0.2) is 42.5 Å². The Morgan fingerprint density at radius 1 is 0.920 bits per heavy atom. The minimum absolute atomic E-state index is 0.0536. The van der Waals surface area contributed by atoms with Crippen LogP contribution in [0.4, 0.5) is 17.6 Å². The van der Waals surface area contributed by atoms with Crippen LogP contribution in [0.2, 0.25) is 0 Å². The fourth-order valence-electron chi connectivity index (χ4n) is 2.36. The molecule has 0 aromatic heterocycles. The molecule has 0 unspecified atom stereocenters. The topological polar surface area (TPSA) is 63.7 Å². The molecule has 0 atom stereocenters. The van der Waals surface area contributed by atoms with Crippen molar-refractivity contribution in [3.8, 4) is 0 Å². The third kappa shape index (κ3) is 2.73. The van der Waals surface area contributed by atoms with E-state index in [1.54, 1.807) is 0 Å². The quantitative estimate of drug-likeness (QED) is 0.614. The zero-order valence-electron chi connectivity index (χ0n) is 12.1. The monoisotopic (exact) mass is 353 g/mol. The molecule has 0 spiro atoms. The lowest BCUT2D eigenvalue weighted by atomic mass is 10.1. The number of rotatable bonds is 2. The smallest absolute Gasteiger partial charge is 0.324 e. The van der Waals surface area contributed by atoms with Crippen LogP contribution in [-0.4, -0.2) is 22.8 Å². The van der Waals surface area contributed by atoms with Gasteiger partial charge >= 0.3 is 12.1 Å². The maximum Gasteiger partial charge on any atom is 0.420 e. The second-order valence-electron chi connectivity index (χ2n) is 4.99. The van der Waals surface area contributed by atoms with Crippen molar-refractivity contribution in [2.75, 3.05) is 0 Å². The highest BCUT2D eigenvalue weighted by Crippen LogP contribution is 2.34. The minimum atomic E-state index is -5.16. The Morgan fingerprint density at radius 3 is 2.00 bits per heavy atom. The lowest BCUT2D eigenvalue weighted by Crippen LogP contribution is -2.33. The Morgan fingerprint density at radius 2 is 1.48 bits per heavy atom. The van der Waals surface area contributed by atoms with Crippen molar-refractivity contribution in [1.29, 1.82) is 0 Å². The van der Waals surface area contributed by atoms with Gasteiger partial charge in [-0.15, -0.1) is 0 Å². The highest BCUT2D eigenvalue weighted by atomic mass is 19.4. The molecule has 0 saturated carbocycles. The first-order chi connectivity index (χ1) is 11.7. The van der Waals surface area contributed by atoms with E-state index < -0.39 is 40.9 Å². The average molecular weight is 353 g/mol. The first kappa shape index (κ1) is 16.6. The van der Waals surface area contributed by atoms with Gasteiger partial charge in [-0.1, -0.05) is 23.3 Å². The summed E-state index contributed by atoms with van der Waals surface area (Å²) in [7, 11) is 0. The summed E-state index contributed by atoms with van der Waals surface area (Å²) in [6.45, 7) is 0. The van der Waals surface area contributed by atoms with Crippen LogP contribution in [0.1, 0.15) is 36.6 Å². The van der Waals surface area contributed by atoms with Crippen molar-refractivity contribution in [2.45, 2.75) is 6.18 Å². The second kappa shape index (κ2) is 5.69. The van der Waals surface area contributed by atoms with Gasteiger partial charge in [-0.25, -0.2) is 9.18 Å². The first-order valence-electron chi connectivity index (χ1n) is 6.77. The van der Waals surface area contributed by atoms with E-state index >= 15 is 0 Å². The van der Waals surface area contributed by atoms with Crippen LogP contribution < -0.4 is 0 Å². The molecule has 25 heavy (non-hydrogen) atoms. The Balaban J connectivity index is 1.94. The Hall–Kier alpha value is -3.23. The van der Waals surface area contributed by atoms with Crippen molar-refractivity contribution in [1.82, 2.24) is 5.06 Å². The molecule has 0 fully saturated rings. The van der Waals surface area contributed by atoms with Crippen molar-refractivity contribution >= 4 is 17.8 Å². The molecule has 0 saturated heterocycles. The molecular weight excluding hydrogens is 346 g/mol. The van der Waals surface area contributed by atoms with E-state index in [4.69, 9.17) is 0 Å². The molecule has 2 aromatic rings. The van der Waals surface area contributed by atoms with Crippen molar-refractivity contribution in [3.05, 3.63) is 70.5 Å². The third-order valence-corrected chi connectivity index (χ3v) is 3.45. The van der Waals surface area contributed by atoms with Gasteiger partial charge in [0, 0.05) is 0 Å². The summed E-state index contributed by atoms with van der Waals surface area (Å²) in [5.41, 5.74) is -3.10. The summed E-state index contributed by atoms with van der Waals surface area (Å²) in [5.74, 6) is -5.36. The fourth-order valence-corrected chi connectivity index (χ4v) is 2.36. The number of carbonyl (C=O) groups excluding carboxylic acids is 3. The van der Waals surface area contributed by atoms with E-state index in [9.17, 15) is 31.9 Å². The summed E-state index contributed by atoms with van der Waals surface area (Å²) < 4.78 is 52.4. The lowest BCUT2D eigenvalue weighted by Gasteiger charge is -2.16. The molecule has 0 bridgehead atoms. The fraction of sp³-hybridized carbons (Fsp3) is 0.0625. The predicted molar refractivity (Wildman–Crippen MR) is 73.8 cm³/mol. The van der Waals surface area contributed by atoms with Crippen LogP contribution in [0, 0.1) is 5.82 Å². The number of benzene rings is 2. The normalized spacial score (nSPS) is 13.8. The molecule has 128 valence electrons. The van der Waals surface area contributed by atoms with Gasteiger partial charge in [0.2, 0.25) is 0 Å². The van der Waals surface area contributed by atoms with E-state index in [0.717, 1.165) is 6.07 Å². The van der Waals surface area contributed by atoms with Crippen LogP contribution in [0.3, 0.4) is 0 Å². The zero-order valence-corrected chi connectivity index (χ0v) is 12.1. The molecule has 0 radical (unpaired) electrons. The summed E-state index contributed by atoms with van der Waals surface area (Å²) in [4.78, 5) is 40.7. The van der Waals surface area contributed by atoms with Gasteiger partial charge in [-0.2, -0.15) is 13.2 Å². The highest BCUT2D eigenvalue weighted by Gasteiger charge is 2.42. The maximum absolute atomic E-state index is 13.5. The number of imide groups is 1. The van der Waals surface area contributed by atoms with Gasteiger partial charge in [0.05, 0.1) is 16.7 Å². The van der Waals surface area contributed by atoms with E-state index in [-0.39, 0.29) is 16.2 Å². The van der Waals surface area contributed by atoms with Crippen molar-refractivity contribution < 1.29 is 36.8 Å². The summed E-state index contributed by atoms with van der Waals surface area (Å²) in [6, 6.07) is 7.62. The number of hydrogen-bond donors (Lipinski definition) is 0. The Bertz CT molecular complexity index is 872. The largest absolute Gasteiger partial charge is 0.420 e.